The summed E-state index contributed by atoms with van der Waals surface area (Å²) in [6.45, 7) is 25.0. The first kappa shape index (κ1) is 56.3. The average molecular weight is 948 g/mol. The van der Waals surface area contributed by atoms with E-state index in [1.54, 1.807) is 68.6 Å². The van der Waals surface area contributed by atoms with E-state index in [2.05, 4.69) is 16.0 Å². The van der Waals surface area contributed by atoms with Gasteiger partial charge in [0.1, 0.15) is 23.3 Å². The average Bonchev–Trinajstić information content (AvgIpc) is 3.73. The van der Waals surface area contributed by atoms with E-state index >= 15 is 0 Å². The fourth-order valence-corrected chi connectivity index (χ4v) is 7.96. The standard InChI is InChI=1S/C51H77N7O10/c1-31(2)38(28-32(3)43(62)53-36(22-25-41(61)67-49(7,8)9)45(64)52-26-27-58-39(59)23-24-40(58)60)57(17)46(65)42(48(4,5)6)54-44(63)35(30-56(16)47(66)68-50(10,11)12)51(13,14)34-29-55(15)37-21-19-18-20-33(34)37/h18-21,23-24,28-29,31,35-36,38,42H,22,25-27,30H2,1-17H3,(H,52,64)(H,53,62)(H,54,63)/b32-28+/t35-,36+,38?,42-/m1/s1. The number of esters is 1. The van der Waals surface area contributed by atoms with Gasteiger partial charge >= 0.3 is 12.1 Å². The van der Waals surface area contributed by atoms with Crippen molar-refractivity contribution >= 4 is 58.4 Å². The highest BCUT2D eigenvalue weighted by molar-refractivity contribution is 6.13. The number of para-hydroxylation sites is 1. The van der Waals surface area contributed by atoms with Gasteiger partial charge in [0, 0.05) is 87.4 Å². The third-order valence-corrected chi connectivity index (χ3v) is 11.8. The zero-order valence-electron chi connectivity index (χ0n) is 43.4. The van der Waals surface area contributed by atoms with Crippen molar-refractivity contribution < 1.29 is 47.8 Å². The summed E-state index contributed by atoms with van der Waals surface area (Å²) in [6, 6.07) is 4.93. The van der Waals surface area contributed by atoms with Crippen LogP contribution in [0.25, 0.3) is 10.9 Å². The van der Waals surface area contributed by atoms with Gasteiger partial charge in [-0.25, -0.2) is 4.79 Å². The molecule has 0 radical (unpaired) electrons. The molecular formula is C51H77N7O10. The first-order valence-electron chi connectivity index (χ1n) is 23.2. The van der Waals surface area contributed by atoms with Crippen molar-refractivity contribution in [1.82, 2.24) is 35.2 Å². The minimum absolute atomic E-state index is 0.0322. The van der Waals surface area contributed by atoms with E-state index in [9.17, 15) is 38.4 Å². The Bertz CT molecular complexity index is 2250. The fourth-order valence-electron chi connectivity index (χ4n) is 7.96. The Morgan fingerprint density at radius 1 is 0.809 bits per heavy atom. The van der Waals surface area contributed by atoms with Crippen LogP contribution in [-0.4, -0.2) is 130 Å². The molecule has 2 heterocycles. The molecule has 0 aliphatic carbocycles. The normalized spacial score (nSPS) is 15.4. The molecule has 1 aliphatic rings. The number of aryl methyl sites for hydroxylation is 1. The summed E-state index contributed by atoms with van der Waals surface area (Å²) in [7, 11) is 5.13. The summed E-state index contributed by atoms with van der Waals surface area (Å²) in [5, 5.41) is 9.42. The number of benzene rings is 1. The second-order valence-corrected chi connectivity index (χ2v) is 21.8. The minimum Gasteiger partial charge on any atom is -0.460 e. The molecule has 376 valence electrons. The molecule has 17 heteroatoms. The Morgan fingerprint density at radius 2 is 1.38 bits per heavy atom. The van der Waals surface area contributed by atoms with E-state index in [1.807, 2.05) is 90.5 Å². The van der Waals surface area contributed by atoms with Gasteiger partial charge in [-0.15, -0.1) is 0 Å². The van der Waals surface area contributed by atoms with Gasteiger partial charge in [-0.1, -0.05) is 72.7 Å². The third kappa shape index (κ3) is 15.3. The van der Waals surface area contributed by atoms with Gasteiger partial charge in [-0.2, -0.15) is 0 Å². The van der Waals surface area contributed by atoms with Crippen molar-refractivity contribution in [3.63, 3.8) is 0 Å². The summed E-state index contributed by atoms with van der Waals surface area (Å²) < 4.78 is 13.1. The van der Waals surface area contributed by atoms with Crippen LogP contribution >= 0.6 is 0 Å². The number of fused-ring (bicyclic) bond motifs is 1. The molecule has 1 aromatic heterocycles. The lowest BCUT2D eigenvalue weighted by molar-refractivity contribution is -0.155. The second kappa shape index (κ2) is 22.4. The van der Waals surface area contributed by atoms with Gasteiger partial charge in [0.25, 0.3) is 11.8 Å². The summed E-state index contributed by atoms with van der Waals surface area (Å²) >= 11 is 0. The van der Waals surface area contributed by atoms with Crippen LogP contribution in [-0.2, 0) is 55.5 Å². The zero-order valence-corrected chi connectivity index (χ0v) is 43.4. The lowest BCUT2D eigenvalue weighted by Gasteiger charge is -2.40. The van der Waals surface area contributed by atoms with E-state index in [1.165, 1.54) is 9.80 Å². The maximum absolute atomic E-state index is 15.0. The SMILES string of the molecule is C/C(=C\C(C(C)C)N(C)C(=O)[C@@H](NC(=O)[C@@H](CN(C)C(=O)OC(C)(C)C)C(C)(C)c1cn(C)c2ccccc12)C(C)(C)C)C(=O)N[C@@H](CCC(=O)OC(C)(C)C)C(=O)NCCN1C(=O)C=CC1=O. The predicted octanol–water partition coefficient (Wildman–Crippen LogP) is 5.55. The summed E-state index contributed by atoms with van der Waals surface area (Å²) in [5.74, 6) is -4.84. The van der Waals surface area contributed by atoms with Crippen LogP contribution in [0.4, 0.5) is 4.79 Å². The Labute approximate surface area is 402 Å². The van der Waals surface area contributed by atoms with Crippen molar-refractivity contribution in [3.8, 4) is 0 Å². The number of amides is 7. The summed E-state index contributed by atoms with van der Waals surface area (Å²) in [5.41, 5.74) is -1.21. The summed E-state index contributed by atoms with van der Waals surface area (Å²) in [6.07, 6.45) is 4.98. The molecule has 0 fully saturated rings. The van der Waals surface area contributed by atoms with Gasteiger partial charge in [0.15, 0.2) is 0 Å². The van der Waals surface area contributed by atoms with Crippen LogP contribution in [0.2, 0.25) is 0 Å². The maximum Gasteiger partial charge on any atom is 0.410 e. The zero-order chi connectivity index (χ0) is 51.9. The number of rotatable bonds is 19. The van der Waals surface area contributed by atoms with Crippen LogP contribution in [0.1, 0.15) is 115 Å². The Morgan fingerprint density at radius 3 is 1.93 bits per heavy atom. The third-order valence-electron chi connectivity index (χ3n) is 11.8. The van der Waals surface area contributed by atoms with E-state index in [0.29, 0.717) is 0 Å². The van der Waals surface area contributed by atoms with E-state index in [0.717, 1.165) is 33.5 Å². The van der Waals surface area contributed by atoms with Gasteiger partial charge < -0.3 is 39.8 Å². The van der Waals surface area contributed by atoms with Crippen molar-refractivity contribution in [2.45, 2.75) is 145 Å². The van der Waals surface area contributed by atoms with Gasteiger partial charge in [0.05, 0.1) is 12.0 Å². The minimum atomic E-state index is -1.21. The number of aromatic nitrogens is 1. The molecule has 0 bridgehead atoms. The number of hydrogen-bond donors (Lipinski definition) is 3. The molecule has 3 N–H and O–H groups in total. The lowest BCUT2D eigenvalue weighted by Crippen LogP contribution is -2.59. The Balaban J connectivity index is 1.94. The maximum atomic E-state index is 15.0. The largest absolute Gasteiger partial charge is 0.460 e. The molecule has 1 unspecified atom stereocenters. The van der Waals surface area contributed by atoms with Crippen LogP contribution in [0.15, 0.2) is 54.3 Å². The predicted molar refractivity (Wildman–Crippen MR) is 261 cm³/mol. The number of nitrogens with zero attached hydrogens (tertiary/aromatic N) is 4. The monoisotopic (exact) mass is 948 g/mol. The highest BCUT2D eigenvalue weighted by Gasteiger charge is 2.44. The number of nitrogens with one attached hydrogen (secondary N) is 3. The Hall–Kier alpha value is -6.00. The van der Waals surface area contributed by atoms with Gasteiger partial charge in [0.2, 0.25) is 23.6 Å². The van der Waals surface area contributed by atoms with Gasteiger partial charge in [-0.05, 0) is 77.8 Å². The fraction of sp³-hybridized carbons (Fsp3) is 0.608. The molecule has 68 heavy (non-hydrogen) atoms. The van der Waals surface area contributed by atoms with Crippen LogP contribution < -0.4 is 16.0 Å². The molecule has 17 nitrogen and oxygen atoms in total. The number of carbonyl (C=O) groups excluding carboxylic acids is 8. The number of ether oxygens (including phenoxy) is 2. The van der Waals surface area contributed by atoms with Crippen LogP contribution in [0.3, 0.4) is 0 Å². The number of likely N-dealkylation sites (N-methyl/N-ethyl adjacent to an activating group) is 1. The summed E-state index contributed by atoms with van der Waals surface area (Å²) in [4.78, 5) is 111. The topological polar surface area (TPSA) is 206 Å². The molecule has 1 aliphatic heterocycles. The van der Waals surface area contributed by atoms with E-state index in [-0.39, 0.29) is 44.0 Å². The smallest absolute Gasteiger partial charge is 0.410 e. The van der Waals surface area contributed by atoms with Crippen molar-refractivity contribution in [3.05, 3.63) is 59.8 Å². The van der Waals surface area contributed by atoms with Gasteiger partial charge in [-0.3, -0.25) is 38.5 Å². The van der Waals surface area contributed by atoms with E-state index < -0.39 is 93.6 Å². The number of hydrogen-bond acceptors (Lipinski definition) is 10. The molecule has 0 saturated carbocycles. The molecule has 2 aromatic rings. The molecule has 7 amide bonds. The molecule has 4 atom stereocenters. The van der Waals surface area contributed by atoms with Crippen molar-refractivity contribution in [2.24, 2.45) is 24.3 Å². The van der Waals surface area contributed by atoms with Crippen molar-refractivity contribution in [1.29, 1.82) is 0 Å². The van der Waals surface area contributed by atoms with E-state index in [4.69, 9.17) is 9.47 Å². The lowest BCUT2D eigenvalue weighted by atomic mass is 9.72. The highest BCUT2D eigenvalue weighted by Crippen LogP contribution is 2.39. The number of carbonyl (C=O) groups is 8. The van der Waals surface area contributed by atoms with Crippen LogP contribution in [0, 0.1) is 17.3 Å². The quantitative estimate of drug-likeness (QED) is 0.0910. The first-order valence-corrected chi connectivity index (χ1v) is 23.2. The highest BCUT2D eigenvalue weighted by atomic mass is 16.6. The van der Waals surface area contributed by atoms with Crippen molar-refractivity contribution in [2.75, 3.05) is 33.7 Å². The second-order valence-electron chi connectivity index (χ2n) is 21.8. The number of imide groups is 1. The van der Waals surface area contributed by atoms with Crippen LogP contribution in [0.5, 0.6) is 0 Å². The molecule has 0 saturated heterocycles. The molecule has 1 aromatic carbocycles. The first-order chi connectivity index (χ1) is 31.2. The Kier molecular flexibility index (Phi) is 18.6. The molecule has 0 spiro atoms. The molecule has 3 rings (SSSR count). The molecular weight excluding hydrogens is 871 g/mol.